The molecule has 2 aliphatic rings. The van der Waals surface area contributed by atoms with Crippen LogP contribution in [0, 0.1) is 6.92 Å². The van der Waals surface area contributed by atoms with Gasteiger partial charge in [-0.15, -0.1) is 0 Å². The number of nitrogens with zero attached hydrogens (tertiary/aromatic N) is 3. The van der Waals surface area contributed by atoms with Crippen LogP contribution in [0.2, 0.25) is 0 Å². The molecule has 0 radical (unpaired) electrons. The van der Waals surface area contributed by atoms with Crippen molar-refractivity contribution in [2.75, 3.05) is 31.1 Å². The molecule has 1 N–H and O–H groups in total. The number of para-hydroxylation sites is 1. The third kappa shape index (κ3) is 3.85. The van der Waals surface area contributed by atoms with Crippen molar-refractivity contribution in [2.24, 2.45) is 4.99 Å². The lowest BCUT2D eigenvalue weighted by Crippen LogP contribution is -2.47. The van der Waals surface area contributed by atoms with Gasteiger partial charge in [-0.2, -0.15) is 4.99 Å². The fourth-order valence-electron chi connectivity index (χ4n) is 3.20. The fourth-order valence-corrected chi connectivity index (χ4v) is 4.15. The van der Waals surface area contributed by atoms with Crippen LogP contribution in [0.15, 0.2) is 58.4 Å². The monoisotopic (exact) mass is 379 g/mol. The van der Waals surface area contributed by atoms with E-state index in [9.17, 15) is 9.90 Å². The number of benzene rings is 2. The molecule has 0 aromatic heterocycles. The van der Waals surface area contributed by atoms with E-state index in [1.54, 1.807) is 24.3 Å². The van der Waals surface area contributed by atoms with Gasteiger partial charge in [0.25, 0.3) is 5.91 Å². The summed E-state index contributed by atoms with van der Waals surface area (Å²) in [6.07, 6.45) is 1.71. The number of amidine groups is 1. The maximum absolute atomic E-state index is 12.3. The van der Waals surface area contributed by atoms with Crippen molar-refractivity contribution in [1.29, 1.82) is 0 Å². The second-order valence-electron chi connectivity index (χ2n) is 6.68. The van der Waals surface area contributed by atoms with Crippen LogP contribution in [0.25, 0.3) is 6.08 Å². The number of phenolic OH excluding ortho intramolecular Hbond substituents is 1. The predicted octanol–water partition coefficient (Wildman–Crippen LogP) is 3.49. The topological polar surface area (TPSA) is 56.1 Å². The van der Waals surface area contributed by atoms with Crippen molar-refractivity contribution in [3.05, 3.63) is 64.6 Å². The molecule has 2 aromatic carbocycles. The average molecular weight is 379 g/mol. The number of carbonyl (C=O) groups excluding carboxylic acids is 1. The van der Waals surface area contributed by atoms with Gasteiger partial charge in [-0.25, -0.2) is 0 Å². The summed E-state index contributed by atoms with van der Waals surface area (Å²) in [6, 6.07) is 15.6. The van der Waals surface area contributed by atoms with Crippen molar-refractivity contribution in [3.63, 3.8) is 0 Å². The zero-order chi connectivity index (χ0) is 18.8. The van der Waals surface area contributed by atoms with Crippen LogP contribution < -0.4 is 4.90 Å². The molecule has 6 heteroatoms. The Morgan fingerprint density at radius 1 is 1.00 bits per heavy atom. The number of phenols is 1. The molecule has 0 saturated carbocycles. The van der Waals surface area contributed by atoms with Gasteiger partial charge >= 0.3 is 0 Å². The Bertz CT molecular complexity index is 913. The van der Waals surface area contributed by atoms with E-state index >= 15 is 0 Å². The number of thioether (sulfide) groups is 1. The normalized spacial score (nSPS) is 18.9. The van der Waals surface area contributed by atoms with Crippen LogP contribution in [0.3, 0.4) is 0 Å². The lowest BCUT2D eigenvalue weighted by atomic mass is 10.2. The molecular weight excluding hydrogens is 358 g/mol. The van der Waals surface area contributed by atoms with Gasteiger partial charge in [-0.1, -0.05) is 35.9 Å². The Morgan fingerprint density at radius 3 is 2.37 bits per heavy atom. The number of carbonyl (C=O) groups is 1. The third-order valence-corrected chi connectivity index (χ3v) is 5.83. The highest BCUT2D eigenvalue weighted by Crippen LogP contribution is 2.32. The van der Waals surface area contributed by atoms with Crippen LogP contribution in [0.5, 0.6) is 5.75 Å². The van der Waals surface area contributed by atoms with Gasteiger partial charge in [-0.3, -0.25) is 4.79 Å². The Hall–Kier alpha value is -2.73. The number of aliphatic imine (C=N–C) groups is 1. The van der Waals surface area contributed by atoms with Gasteiger partial charge < -0.3 is 14.9 Å². The van der Waals surface area contributed by atoms with E-state index in [4.69, 9.17) is 0 Å². The standard InChI is InChI=1S/C21H21N3O2S/c1-15-6-8-17(9-7-15)23-10-12-24(13-11-23)21-22-20(26)19(27-21)14-16-4-2-3-5-18(16)25/h2-9,14,25H,10-13H2,1H3/b19-14-. The van der Waals surface area contributed by atoms with Crippen molar-refractivity contribution >= 4 is 34.6 Å². The molecule has 1 fully saturated rings. The Morgan fingerprint density at radius 2 is 1.67 bits per heavy atom. The van der Waals surface area contributed by atoms with Crippen LogP contribution in [-0.4, -0.2) is 47.3 Å². The molecule has 0 aliphatic carbocycles. The Kier molecular flexibility index (Phi) is 4.90. The maximum Gasteiger partial charge on any atom is 0.286 e. The molecule has 2 heterocycles. The number of hydrogen-bond acceptors (Lipinski definition) is 5. The number of rotatable bonds is 2. The van der Waals surface area contributed by atoms with Gasteiger partial charge in [-0.05, 0) is 43.0 Å². The number of hydrogen-bond donors (Lipinski definition) is 1. The zero-order valence-electron chi connectivity index (χ0n) is 15.1. The molecular formula is C21H21N3O2S. The summed E-state index contributed by atoms with van der Waals surface area (Å²) in [6.45, 7) is 5.55. The molecule has 0 bridgehead atoms. The summed E-state index contributed by atoms with van der Waals surface area (Å²) in [5, 5.41) is 10.7. The molecule has 4 rings (SSSR count). The van der Waals surface area contributed by atoms with E-state index in [2.05, 4.69) is 46.0 Å². The summed E-state index contributed by atoms with van der Waals surface area (Å²) in [5.74, 6) is -0.0715. The molecule has 0 spiro atoms. The lowest BCUT2D eigenvalue weighted by Gasteiger charge is -2.36. The lowest BCUT2D eigenvalue weighted by molar-refractivity contribution is -0.113. The summed E-state index contributed by atoms with van der Waals surface area (Å²) < 4.78 is 0. The van der Waals surface area contributed by atoms with E-state index in [0.29, 0.717) is 10.5 Å². The van der Waals surface area contributed by atoms with Crippen LogP contribution >= 0.6 is 11.8 Å². The molecule has 138 valence electrons. The van der Waals surface area contributed by atoms with Crippen molar-refractivity contribution in [2.45, 2.75) is 6.92 Å². The molecule has 1 saturated heterocycles. The SMILES string of the molecule is Cc1ccc(N2CCN(C3=NC(=O)/C(=C/c4ccccc4O)S3)CC2)cc1. The van der Waals surface area contributed by atoms with Gasteiger partial charge in [0, 0.05) is 37.4 Å². The predicted molar refractivity (Wildman–Crippen MR) is 111 cm³/mol. The van der Waals surface area contributed by atoms with Gasteiger partial charge in [0.2, 0.25) is 0 Å². The van der Waals surface area contributed by atoms with Crippen molar-refractivity contribution in [1.82, 2.24) is 4.90 Å². The Balaban J connectivity index is 1.41. The molecule has 0 atom stereocenters. The van der Waals surface area contributed by atoms with E-state index in [0.717, 1.165) is 31.3 Å². The Labute approximate surface area is 163 Å². The van der Waals surface area contributed by atoms with Crippen molar-refractivity contribution < 1.29 is 9.90 Å². The van der Waals surface area contributed by atoms with E-state index in [-0.39, 0.29) is 11.7 Å². The first-order valence-corrected chi connectivity index (χ1v) is 9.79. The molecule has 27 heavy (non-hydrogen) atoms. The van der Waals surface area contributed by atoms with Crippen LogP contribution in [-0.2, 0) is 4.79 Å². The minimum atomic E-state index is -0.237. The molecule has 5 nitrogen and oxygen atoms in total. The van der Waals surface area contributed by atoms with Gasteiger partial charge in [0.05, 0.1) is 4.91 Å². The summed E-state index contributed by atoms with van der Waals surface area (Å²) in [4.78, 5) is 21.6. The molecule has 0 unspecified atom stereocenters. The minimum absolute atomic E-state index is 0.165. The minimum Gasteiger partial charge on any atom is -0.507 e. The quantitative estimate of drug-likeness (QED) is 0.810. The summed E-state index contributed by atoms with van der Waals surface area (Å²) in [7, 11) is 0. The van der Waals surface area contributed by atoms with Crippen LogP contribution in [0.1, 0.15) is 11.1 Å². The average Bonchev–Trinajstić information content (AvgIpc) is 3.05. The van der Waals surface area contributed by atoms with Crippen molar-refractivity contribution in [3.8, 4) is 5.75 Å². The zero-order valence-corrected chi connectivity index (χ0v) is 15.9. The number of piperazine rings is 1. The first kappa shape index (κ1) is 17.7. The highest BCUT2D eigenvalue weighted by molar-refractivity contribution is 8.18. The highest BCUT2D eigenvalue weighted by atomic mass is 32.2. The van der Waals surface area contributed by atoms with E-state index in [1.165, 1.54) is 23.0 Å². The first-order chi connectivity index (χ1) is 13.1. The number of amides is 1. The second kappa shape index (κ2) is 7.48. The smallest absolute Gasteiger partial charge is 0.286 e. The fraction of sp³-hybridized carbons (Fsp3) is 0.238. The third-order valence-electron chi connectivity index (χ3n) is 4.78. The maximum atomic E-state index is 12.3. The van der Waals surface area contributed by atoms with Crippen LogP contribution in [0.4, 0.5) is 5.69 Å². The van der Waals surface area contributed by atoms with E-state index < -0.39 is 0 Å². The molecule has 2 aliphatic heterocycles. The summed E-state index contributed by atoms with van der Waals surface area (Å²) in [5.41, 5.74) is 3.13. The van der Waals surface area contributed by atoms with E-state index in [1.807, 2.05) is 6.07 Å². The molecule has 2 aromatic rings. The van der Waals surface area contributed by atoms with Gasteiger partial charge in [0.15, 0.2) is 5.17 Å². The second-order valence-corrected chi connectivity index (χ2v) is 7.69. The number of aromatic hydroxyl groups is 1. The largest absolute Gasteiger partial charge is 0.507 e. The summed E-state index contributed by atoms with van der Waals surface area (Å²) >= 11 is 1.39. The first-order valence-electron chi connectivity index (χ1n) is 8.97. The number of aryl methyl sites for hydroxylation is 1. The number of anilines is 1. The highest BCUT2D eigenvalue weighted by Gasteiger charge is 2.28. The molecule has 1 amide bonds. The van der Waals surface area contributed by atoms with Gasteiger partial charge in [0.1, 0.15) is 5.75 Å².